The molecule has 0 bridgehead atoms. The molecule has 0 aliphatic carbocycles. The van der Waals surface area contributed by atoms with Gasteiger partial charge in [-0.2, -0.15) is 18.2 Å². The predicted molar refractivity (Wildman–Crippen MR) is 81.3 cm³/mol. The molecular weight excluding hydrogens is 360 g/mol. The van der Waals surface area contributed by atoms with Crippen LogP contribution >= 0.6 is 0 Å². The SMILES string of the molecule is CCONCCCNC(=O)c1ccc(-c2noc(C(F)(F)F)n2)c(F)c1. The highest BCUT2D eigenvalue weighted by atomic mass is 19.4. The fourth-order valence-corrected chi connectivity index (χ4v) is 1.92. The Hall–Kier alpha value is -2.53. The number of nitrogens with zero attached hydrogens (tertiary/aromatic N) is 2. The van der Waals surface area contributed by atoms with Crippen molar-refractivity contribution >= 4 is 5.91 Å². The van der Waals surface area contributed by atoms with Crippen LogP contribution in [0.2, 0.25) is 0 Å². The van der Waals surface area contributed by atoms with E-state index in [0.717, 1.165) is 12.1 Å². The largest absolute Gasteiger partial charge is 0.471 e. The number of hydroxylamine groups is 1. The third-order valence-corrected chi connectivity index (χ3v) is 3.13. The summed E-state index contributed by atoms with van der Waals surface area (Å²) in [7, 11) is 0. The van der Waals surface area contributed by atoms with Crippen LogP contribution < -0.4 is 10.8 Å². The molecule has 0 fully saturated rings. The van der Waals surface area contributed by atoms with Crippen molar-refractivity contribution in [1.82, 2.24) is 20.9 Å². The van der Waals surface area contributed by atoms with E-state index >= 15 is 0 Å². The van der Waals surface area contributed by atoms with Crippen LogP contribution in [0.15, 0.2) is 22.7 Å². The molecule has 7 nitrogen and oxygen atoms in total. The van der Waals surface area contributed by atoms with Crippen LogP contribution in [0.3, 0.4) is 0 Å². The van der Waals surface area contributed by atoms with Gasteiger partial charge in [0.2, 0.25) is 5.82 Å². The summed E-state index contributed by atoms with van der Waals surface area (Å²) < 4.78 is 55.5. The molecule has 0 radical (unpaired) electrons. The number of benzene rings is 1. The number of amides is 1. The molecule has 1 amide bonds. The lowest BCUT2D eigenvalue weighted by molar-refractivity contribution is -0.159. The van der Waals surface area contributed by atoms with Crippen LogP contribution in [0.25, 0.3) is 11.4 Å². The number of carbonyl (C=O) groups is 1. The van der Waals surface area contributed by atoms with Crippen molar-refractivity contribution in [3.8, 4) is 11.4 Å². The van der Waals surface area contributed by atoms with Crippen LogP contribution in [0.4, 0.5) is 17.6 Å². The highest BCUT2D eigenvalue weighted by Gasteiger charge is 2.38. The Labute approximate surface area is 145 Å². The first kappa shape index (κ1) is 19.8. The zero-order chi connectivity index (χ0) is 19.2. The van der Waals surface area contributed by atoms with Crippen molar-refractivity contribution in [3.63, 3.8) is 0 Å². The van der Waals surface area contributed by atoms with E-state index in [9.17, 15) is 22.4 Å². The zero-order valence-electron chi connectivity index (χ0n) is 13.7. The third-order valence-electron chi connectivity index (χ3n) is 3.13. The molecule has 2 N–H and O–H groups in total. The highest BCUT2D eigenvalue weighted by molar-refractivity contribution is 5.94. The molecule has 0 saturated carbocycles. The molecule has 1 aromatic heterocycles. The summed E-state index contributed by atoms with van der Waals surface area (Å²) >= 11 is 0. The second kappa shape index (κ2) is 8.72. The van der Waals surface area contributed by atoms with Crippen molar-refractivity contribution in [2.45, 2.75) is 19.5 Å². The maximum atomic E-state index is 14.1. The molecule has 0 spiro atoms. The van der Waals surface area contributed by atoms with Gasteiger partial charge >= 0.3 is 12.1 Å². The van der Waals surface area contributed by atoms with Crippen molar-refractivity contribution in [2.75, 3.05) is 19.7 Å². The Kier molecular flexibility index (Phi) is 6.64. The van der Waals surface area contributed by atoms with Crippen LogP contribution in [-0.2, 0) is 11.0 Å². The summed E-state index contributed by atoms with van der Waals surface area (Å²) in [6, 6.07) is 3.27. The maximum absolute atomic E-state index is 14.1. The summed E-state index contributed by atoms with van der Waals surface area (Å²) in [5.41, 5.74) is 2.39. The van der Waals surface area contributed by atoms with Crippen molar-refractivity contribution in [2.24, 2.45) is 0 Å². The van der Waals surface area contributed by atoms with E-state index in [1.54, 1.807) is 0 Å². The first-order valence-corrected chi connectivity index (χ1v) is 7.66. The van der Waals surface area contributed by atoms with Gasteiger partial charge in [0.25, 0.3) is 5.91 Å². The first-order valence-electron chi connectivity index (χ1n) is 7.66. The molecule has 0 saturated heterocycles. The molecule has 0 aliphatic heterocycles. The lowest BCUT2D eigenvalue weighted by atomic mass is 10.1. The fourth-order valence-electron chi connectivity index (χ4n) is 1.92. The van der Waals surface area contributed by atoms with Crippen LogP contribution in [0.1, 0.15) is 29.6 Å². The van der Waals surface area contributed by atoms with E-state index in [-0.39, 0.29) is 11.1 Å². The van der Waals surface area contributed by atoms with Gasteiger partial charge in [0.15, 0.2) is 0 Å². The van der Waals surface area contributed by atoms with Crippen LogP contribution in [0.5, 0.6) is 0 Å². The van der Waals surface area contributed by atoms with E-state index in [0.29, 0.717) is 26.1 Å². The summed E-state index contributed by atoms with van der Waals surface area (Å²) in [5, 5.41) is 5.69. The highest BCUT2D eigenvalue weighted by Crippen LogP contribution is 2.30. The summed E-state index contributed by atoms with van der Waals surface area (Å²) in [4.78, 5) is 20.0. The number of hydrogen-bond acceptors (Lipinski definition) is 6. The van der Waals surface area contributed by atoms with Crippen molar-refractivity contribution in [1.29, 1.82) is 0 Å². The first-order chi connectivity index (χ1) is 12.3. The summed E-state index contributed by atoms with van der Waals surface area (Å²) in [6.07, 6.45) is -4.23. The molecular formula is C15H16F4N4O3. The Morgan fingerprint density at radius 2 is 2.08 bits per heavy atom. The number of rotatable bonds is 8. The predicted octanol–water partition coefficient (Wildman–Crippen LogP) is 2.56. The molecule has 0 atom stereocenters. The topological polar surface area (TPSA) is 89.3 Å². The molecule has 11 heteroatoms. The average Bonchev–Trinajstić information content (AvgIpc) is 3.07. The van der Waals surface area contributed by atoms with Gasteiger partial charge in [-0.1, -0.05) is 5.16 Å². The number of aromatic nitrogens is 2. The molecule has 26 heavy (non-hydrogen) atoms. The molecule has 1 heterocycles. The van der Waals surface area contributed by atoms with Gasteiger partial charge in [-0.3, -0.25) is 4.79 Å². The molecule has 0 aliphatic rings. The van der Waals surface area contributed by atoms with Gasteiger partial charge in [0.1, 0.15) is 5.82 Å². The van der Waals surface area contributed by atoms with Crippen LogP contribution in [-0.4, -0.2) is 35.7 Å². The second-order valence-electron chi connectivity index (χ2n) is 5.05. The number of carbonyl (C=O) groups excluding carboxylic acids is 1. The lowest BCUT2D eigenvalue weighted by Crippen LogP contribution is -2.27. The van der Waals surface area contributed by atoms with E-state index in [1.165, 1.54) is 6.07 Å². The quantitative estimate of drug-likeness (QED) is 0.418. The average molecular weight is 376 g/mol. The Morgan fingerprint density at radius 1 is 1.31 bits per heavy atom. The van der Waals surface area contributed by atoms with E-state index in [2.05, 4.69) is 25.5 Å². The molecule has 2 rings (SSSR count). The standard InChI is InChI=1S/C15H16F4N4O3/c1-2-25-21-7-3-6-20-13(24)9-4-5-10(11(16)8-9)12-22-14(26-23-12)15(17,18)19/h4-5,8,21H,2-3,6-7H2,1H3,(H,20,24). The van der Waals surface area contributed by atoms with Crippen molar-refractivity contribution < 1.29 is 31.7 Å². The molecule has 1 aromatic carbocycles. The molecule has 2 aromatic rings. The van der Waals surface area contributed by atoms with Crippen molar-refractivity contribution in [3.05, 3.63) is 35.5 Å². The van der Waals surface area contributed by atoms with Gasteiger partial charge in [-0.25, -0.2) is 9.87 Å². The van der Waals surface area contributed by atoms with E-state index in [1.807, 2.05) is 6.92 Å². The Morgan fingerprint density at radius 3 is 2.69 bits per heavy atom. The second-order valence-corrected chi connectivity index (χ2v) is 5.05. The zero-order valence-corrected chi connectivity index (χ0v) is 13.7. The van der Waals surface area contributed by atoms with Gasteiger partial charge < -0.3 is 14.7 Å². The third kappa shape index (κ3) is 5.23. The van der Waals surface area contributed by atoms with Crippen LogP contribution in [0, 0.1) is 5.82 Å². The minimum Gasteiger partial charge on any atom is -0.352 e. The number of hydrogen-bond donors (Lipinski definition) is 2. The maximum Gasteiger partial charge on any atom is 0.471 e. The van der Waals surface area contributed by atoms with Gasteiger partial charge in [-0.05, 0) is 31.5 Å². The molecule has 142 valence electrons. The Balaban J connectivity index is 1.98. The molecule has 0 unspecified atom stereocenters. The van der Waals surface area contributed by atoms with Gasteiger partial charge in [0.05, 0.1) is 12.2 Å². The number of alkyl halides is 3. The Bertz CT molecular complexity index is 749. The number of nitrogens with one attached hydrogen (secondary N) is 2. The van der Waals surface area contributed by atoms with E-state index in [4.69, 9.17) is 4.84 Å². The smallest absolute Gasteiger partial charge is 0.352 e. The summed E-state index contributed by atoms with van der Waals surface area (Å²) in [5.74, 6) is -3.58. The van der Waals surface area contributed by atoms with Gasteiger partial charge in [0, 0.05) is 18.7 Å². The van der Waals surface area contributed by atoms with E-state index < -0.39 is 29.6 Å². The fraction of sp³-hybridized carbons (Fsp3) is 0.400. The lowest BCUT2D eigenvalue weighted by Gasteiger charge is -2.07. The number of halogens is 4. The normalized spacial score (nSPS) is 11.6. The minimum atomic E-state index is -4.82. The van der Waals surface area contributed by atoms with Gasteiger partial charge in [-0.15, -0.1) is 0 Å². The minimum absolute atomic E-state index is 0.0172. The summed E-state index contributed by atoms with van der Waals surface area (Å²) in [6.45, 7) is 3.21. The monoisotopic (exact) mass is 376 g/mol.